The molecular formula is C18H12F3N3O5S2. The number of thioether (sulfide) groups is 1. The molecule has 0 fully saturated rings. The number of ether oxygens (including phenoxy) is 1. The van der Waals surface area contributed by atoms with Gasteiger partial charge in [-0.05, 0) is 18.2 Å². The minimum Gasteiger partial charge on any atom is -0.464 e. The molecule has 0 saturated carbocycles. The molecule has 3 aromatic rings. The zero-order chi connectivity index (χ0) is 22.6. The molecule has 0 aliphatic carbocycles. The molecule has 2 aromatic heterocycles. The van der Waals surface area contributed by atoms with Crippen molar-refractivity contribution in [1.29, 1.82) is 0 Å². The predicted molar refractivity (Wildman–Crippen MR) is 105 cm³/mol. The molecule has 1 amide bonds. The Morgan fingerprint density at radius 2 is 2.03 bits per heavy atom. The number of aromatic nitrogens is 2. The van der Waals surface area contributed by atoms with Crippen molar-refractivity contribution in [3.8, 4) is 5.75 Å². The van der Waals surface area contributed by atoms with Crippen molar-refractivity contribution in [3.05, 3.63) is 63.7 Å². The van der Waals surface area contributed by atoms with Crippen LogP contribution < -0.4 is 15.5 Å². The minimum absolute atomic E-state index is 0.200. The summed E-state index contributed by atoms with van der Waals surface area (Å²) in [6.45, 7) is 1.34. The summed E-state index contributed by atoms with van der Waals surface area (Å²) in [5.41, 5.74) is -2.06. The average molecular weight is 471 g/mol. The van der Waals surface area contributed by atoms with Gasteiger partial charge in [-0.1, -0.05) is 29.2 Å². The molecule has 0 unspecified atom stereocenters. The van der Waals surface area contributed by atoms with Gasteiger partial charge in [-0.2, -0.15) is 13.2 Å². The molecule has 13 heteroatoms. The Morgan fingerprint density at radius 1 is 1.26 bits per heavy atom. The van der Waals surface area contributed by atoms with E-state index in [9.17, 15) is 27.6 Å². The topological polar surface area (TPSA) is 111 Å². The summed E-state index contributed by atoms with van der Waals surface area (Å²) < 4.78 is 49.0. The second-order valence-electron chi connectivity index (χ2n) is 5.89. The fourth-order valence-corrected chi connectivity index (χ4v) is 3.86. The molecule has 0 saturated heterocycles. The van der Waals surface area contributed by atoms with Crippen molar-refractivity contribution in [1.82, 2.24) is 10.2 Å². The standard InChI is InChI=1S/C18H12F3N3O5S2/c1-9(25)22-16-23-24-17(31-16)30-8-12-6-13(26)14(7-28-12)29-15(27)10-3-2-4-11(5-10)18(19,20)21/h2-7H,8H2,1H3,(H,22,23,25). The molecule has 0 atom stereocenters. The Balaban J connectivity index is 1.64. The van der Waals surface area contributed by atoms with Gasteiger partial charge in [-0.25, -0.2) is 4.79 Å². The molecule has 0 aliphatic rings. The Kier molecular flexibility index (Phi) is 6.75. The highest BCUT2D eigenvalue weighted by Gasteiger charge is 2.31. The lowest BCUT2D eigenvalue weighted by molar-refractivity contribution is -0.137. The SMILES string of the molecule is CC(=O)Nc1nnc(SCc2cc(=O)c(OC(=O)c3cccc(C(F)(F)F)c3)co2)s1. The van der Waals surface area contributed by atoms with E-state index in [1.807, 2.05) is 0 Å². The molecule has 1 aromatic carbocycles. The summed E-state index contributed by atoms with van der Waals surface area (Å²) in [4.78, 5) is 35.3. The Labute approximate surface area is 180 Å². The maximum atomic E-state index is 12.8. The zero-order valence-electron chi connectivity index (χ0n) is 15.6. The number of anilines is 1. The van der Waals surface area contributed by atoms with Crippen molar-refractivity contribution < 1.29 is 31.9 Å². The van der Waals surface area contributed by atoms with E-state index < -0.39 is 28.9 Å². The highest BCUT2D eigenvalue weighted by atomic mass is 32.2. The fourth-order valence-electron chi connectivity index (χ4n) is 2.17. The third kappa shape index (κ3) is 6.15. The first kappa shape index (κ1) is 22.5. The van der Waals surface area contributed by atoms with Crippen LogP contribution in [0.2, 0.25) is 0 Å². The van der Waals surface area contributed by atoms with Crippen molar-refractivity contribution in [3.63, 3.8) is 0 Å². The number of halogens is 3. The highest BCUT2D eigenvalue weighted by Crippen LogP contribution is 2.30. The van der Waals surface area contributed by atoms with Crippen LogP contribution in [0.1, 0.15) is 28.6 Å². The van der Waals surface area contributed by atoms with Crippen LogP contribution in [0.15, 0.2) is 50.1 Å². The maximum absolute atomic E-state index is 12.8. The monoisotopic (exact) mass is 471 g/mol. The number of nitrogens with zero attached hydrogens (tertiary/aromatic N) is 2. The van der Waals surface area contributed by atoms with Crippen molar-refractivity contribution in [2.24, 2.45) is 0 Å². The number of nitrogens with one attached hydrogen (secondary N) is 1. The van der Waals surface area contributed by atoms with E-state index in [0.717, 1.165) is 41.9 Å². The Bertz CT molecular complexity index is 1180. The van der Waals surface area contributed by atoms with Crippen molar-refractivity contribution in [2.45, 2.75) is 23.2 Å². The third-order valence-electron chi connectivity index (χ3n) is 3.51. The predicted octanol–water partition coefficient (Wildman–Crippen LogP) is 3.98. The zero-order valence-corrected chi connectivity index (χ0v) is 17.2. The fraction of sp³-hybridized carbons (Fsp3) is 0.167. The van der Waals surface area contributed by atoms with Crippen LogP contribution in [0.25, 0.3) is 0 Å². The lowest BCUT2D eigenvalue weighted by atomic mass is 10.1. The number of rotatable bonds is 6. The molecule has 162 valence electrons. The van der Waals surface area contributed by atoms with E-state index in [-0.39, 0.29) is 23.0 Å². The molecule has 0 aliphatic heterocycles. The van der Waals surface area contributed by atoms with Gasteiger partial charge in [0.05, 0.1) is 16.9 Å². The van der Waals surface area contributed by atoms with E-state index in [2.05, 4.69) is 15.5 Å². The maximum Gasteiger partial charge on any atom is 0.416 e. The molecule has 8 nitrogen and oxygen atoms in total. The van der Waals surface area contributed by atoms with Crippen LogP contribution >= 0.6 is 23.1 Å². The Morgan fingerprint density at radius 3 is 2.71 bits per heavy atom. The van der Waals surface area contributed by atoms with Crippen LogP contribution in [0.4, 0.5) is 18.3 Å². The molecule has 1 N–H and O–H groups in total. The number of benzene rings is 1. The second-order valence-corrected chi connectivity index (χ2v) is 8.09. The van der Waals surface area contributed by atoms with Gasteiger partial charge in [0.2, 0.25) is 22.2 Å². The minimum atomic E-state index is -4.62. The highest BCUT2D eigenvalue weighted by molar-refractivity contribution is 8.00. The van der Waals surface area contributed by atoms with Crippen LogP contribution in [0, 0.1) is 0 Å². The number of hydrogen-bond donors (Lipinski definition) is 1. The van der Waals surface area contributed by atoms with E-state index in [0.29, 0.717) is 15.5 Å². The van der Waals surface area contributed by atoms with Gasteiger partial charge >= 0.3 is 12.1 Å². The first-order valence-corrected chi connectivity index (χ1v) is 10.2. The number of alkyl halides is 3. The van der Waals surface area contributed by atoms with Gasteiger partial charge in [0.25, 0.3) is 0 Å². The summed E-state index contributed by atoms with van der Waals surface area (Å²) in [7, 11) is 0. The van der Waals surface area contributed by atoms with Gasteiger partial charge in [0.15, 0.2) is 4.34 Å². The summed E-state index contributed by atoms with van der Waals surface area (Å²) in [6.07, 6.45) is -3.71. The van der Waals surface area contributed by atoms with Crippen LogP contribution in [0.5, 0.6) is 5.75 Å². The van der Waals surface area contributed by atoms with Gasteiger partial charge in [0, 0.05) is 13.0 Å². The van der Waals surface area contributed by atoms with Crippen LogP contribution in [0.3, 0.4) is 0 Å². The van der Waals surface area contributed by atoms with Crippen molar-refractivity contribution >= 4 is 40.1 Å². The number of esters is 1. The van der Waals surface area contributed by atoms with Gasteiger partial charge in [-0.3, -0.25) is 9.59 Å². The third-order valence-corrected chi connectivity index (χ3v) is 5.50. The normalized spacial score (nSPS) is 11.2. The van der Waals surface area contributed by atoms with E-state index in [4.69, 9.17) is 9.15 Å². The van der Waals surface area contributed by atoms with E-state index >= 15 is 0 Å². The van der Waals surface area contributed by atoms with Gasteiger partial charge < -0.3 is 14.5 Å². The lowest BCUT2D eigenvalue weighted by Gasteiger charge is -2.08. The van der Waals surface area contributed by atoms with Gasteiger partial charge in [-0.15, -0.1) is 10.2 Å². The van der Waals surface area contributed by atoms with E-state index in [1.165, 1.54) is 18.7 Å². The summed E-state index contributed by atoms with van der Waals surface area (Å²) in [6, 6.07) is 4.74. The smallest absolute Gasteiger partial charge is 0.416 e. The first-order chi connectivity index (χ1) is 14.6. The first-order valence-electron chi connectivity index (χ1n) is 8.37. The summed E-state index contributed by atoms with van der Waals surface area (Å²) >= 11 is 2.33. The molecule has 3 rings (SSSR count). The van der Waals surface area contributed by atoms with E-state index in [1.54, 1.807) is 0 Å². The number of amides is 1. The Hall–Kier alpha value is -3.19. The molecule has 2 heterocycles. The quantitative estimate of drug-likeness (QED) is 0.327. The van der Waals surface area contributed by atoms with Crippen molar-refractivity contribution in [2.75, 3.05) is 5.32 Å². The molecular weight excluding hydrogens is 459 g/mol. The number of carbonyl (C=O) groups is 2. The summed E-state index contributed by atoms with van der Waals surface area (Å²) in [5.74, 6) is -1.43. The largest absolute Gasteiger partial charge is 0.464 e. The van der Waals surface area contributed by atoms with Crippen LogP contribution in [-0.2, 0) is 16.7 Å². The van der Waals surface area contributed by atoms with Gasteiger partial charge in [0.1, 0.15) is 12.0 Å². The average Bonchev–Trinajstić information content (AvgIpc) is 3.14. The molecule has 0 bridgehead atoms. The molecule has 0 radical (unpaired) electrons. The molecule has 0 spiro atoms. The second kappa shape index (κ2) is 9.31. The number of hydrogen-bond acceptors (Lipinski definition) is 9. The summed E-state index contributed by atoms with van der Waals surface area (Å²) in [5, 5.41) is 10.5. The molecule has 31 heavy (non-hydrogen) atoms. The van der Waals surface area contributed by atoms with Crippen LogP contribution in [-0.4, -0.2) is 22.1 Å². The lowest BCUT2D eigenvalue weighted by Crippen LogP contribution is -2.15. The number of carbonyl (C=O) groups excluding carboxylic acids is 2.